The molecule has 2 unspecified atom stereocenters. The summed E-state index contributed by atoms with van der Waals surface area (Å²) < 4.78 is 11.8. The molecule has 2 fully saturated rings. The highest BCUT2D eigenvalue weighted by atomic mass is 32.1. The number of aromatic nitrogens is 1. The van der Waals surface area contributed by atoms with Crippen molar-refractivity contribution in [3.05, 3.63) is 16.1 Å². The zero-order chi connectivity index (χ0) is 17.5. The topological polar surface area (TPSA) is 59.0 Å². The molecule has 2 aliphatic heterocycles. The van der Waals surface area contributed by atoms with Crippen molar-refractivity contribution in [2.45, 2.75) is 51.7 Å². The average molecular weight is 367 g/mol. The van der Waals surface area contributed by atoms with Gasteiger partial charge in [-0.25, -0.2) is 4.98 Å². The average Bonchev–Trinajstić information content (AvgIpc) is 3.33. The fraction of sp³-hybridized carbons (Fsp3) is 0.778. The Labute approximate surface area is 154 Å². The predicted octanol–water partition coefficient (Wildman–Crippen LogP) is 2.09. The lowest BCUT2D eigenvalue weighted by atomic mass is 10.1. The fourth-order valence-electron chi connectivity index (χ4n) is 3.30. The highest BCUT2D eigenvalue weighted by Crippen LogP contribution is 2.21. The minimum Gasteiger partial charge on any atom is -0.375 e. The predicted molar refractivity (Wildman–Crippen MR) is 101 cm³/mol. The van der Waals surface area contributed by atoms with Crippen molar-refractivity contribution in [2.75, 3.05) is 39.4 Å². The van der Waals surface area contributed by atoms with Gasteiger partial charge in [0, 0.05) is 50.3 Å². The molecule has 6 nitrogen and oxygen atoms in total. The van der Waals surface area contributed by atoms with E-state index in [4.69, 9.17) is 14.5 Å². The standard InChI is InChI=1S/C18H30N4O2S/c1-3-14-12-21-17(25-14)7-8-20-18(19-4-2)22-9-11-24-16(13-22)15-6-5-10-23-15/h12,15-16H,3-11,13H2,1-2H3,(H,19,20). The molecule has 140 valence electrons. The number of rotatable bonds is 6. The Morgan fingerprint density at radius 3 is 2.96 bits per heavy atom. The first-order valence-corrected chi connectivity index (χ1v) is 10.3. The maximum atomic E-state index is 5.95. The van der Waals surface area contributed by atoms with Crippen LogP contribution in [-0.4, -0.2) is 67.4 Å². The van der Waals surface area contributed by atoms with Crippen molar-refractivity contribution in [3.8, 4) is 0 Å². The summed E-state index contributed by atoms with van der Waals surface area (Å²) in [5, 5.41) is 4.61. The Kier molecular flexibility index (Phi) is 7.07. The molecule has 1 N–H and O–H groups in total. The van der Waals surface area contributed by atoms with Gasteiger partial charge in [0.2, 0.25) is 0 Å². The van der Waals surface area contributed by atoms with Crippen LogP contribution in [0.15, 0.2) is 11.2 Å². The van der Waals surface area contributed by atoms with Gasteiger partial charge in [0.15, 0.2) is 5.96 Å². The number of nitrogens with one attached hydrogen (secondary N) is 1. The number of morpholine rings is 1. The molecule has 0 aromatic carbocycles. The monoisotopic (exact) mass is 366 g/mol. The lowest BCUT2D eigenvalue weighted by Crippen LogP contribution is -2.53. The van der Waals surface area contributed by atoms with E-state index >= 15 is 0 Å². The van der Waals surface area contributed by atoms with Crippen LogP contribution in [-0.2, 0) is 22.3 Å². The number of nitrogens with zero attached hydrogens (tertiary/aromatic N) is 3. The van der Waals surface area contributed by atoms with Gasteiger partial charge in [-0.3, -0.25) is 4.99 Å². The van der Waals surface area contributed by atoms with Gasteiger partial charge in [0.25, 0.3) is 0 Å². The molecule has 25 heavy (non-hydrogen) atoms. The van der Waals surface area contributed by atoms with Gasteiger partial charge in [0.05, 0.1) is 17.7 Å². The number of aryl methyl sites for hydroxylation is 1. The van der Waals surface area contributed by atoms with Gasteiger partial charge in [-0.05, 0) is 26.2 Å². The molecule has 3 heterocycles. The van der Waals surface area contributed by atoms with Crippen LogP contribution in [0.3, 0.4) is 0 Å². The Hall–Kier alpha value is -1.18. The van der Waals surface area contributed by atoms with Crippen LogP contribution in [0.25, 0.3) is 0 Å². The van der Waals surface area contributed by atoms with E-state index in [1.54, 1.807) is 11.3 Å². The van der Waals surface area contributed by atoms with Crippen LogP contribution in [0.2, 0.25) is 0 Å². The summed E-state index contributed by atoms with van der Waals surface area (Å²) in [6.07, 6.45) is 6.60. The number of ether oxygens (including phenoxy) is 2. The maximum Gasteiger partial charge on any atom is 0.194 e. The highest BCUT2D eigenvalue weighted by Gasteiger charge is 2.32. The Morgan fingerprint density at radius 1 is 1.36 bits per heavy atom. The summed E-state index contributed by atoms with van der Waals surface area (Å²) in [7, 11) is 0. The zero-order valence-corrected chi connectivity index (χ0v) is 16.2. The minimum absolute atomic E-state index is 0.159. The number of aliphatic imine (C=N–C) groups is 1. The molecule has 0 radical (unpaired) electrons. The van der Waals surface area contributed by atoms with E-state index in [9.17, 15) is 0 Å². The molecule has 2 aliphatic rings. The Morgan fingerprint density at radius 2 is 2.24 bits per heavy atom. The van der Waals surface area contributed by atoms with Gasteiger partial charge in [-0.15, -0.1) is 11.3 Å². The molecule has 7 heteroatoms. The van der Waals surface area contributed by atoms with Gasteiger partial charge in [-0.1, -0.05) is 6.92 Å². The van der Waals surface area contributed by atoms with E-state index in [2.05, 4.69) is 29.0 Å². The number of guanidine groups is 1. The summed E-state index contributed by atoms with van der Waals surface area (Å²) in [4.78, 5) is 13.0. The summed E-state index contributed by atoms with van der Waals surface area (Å²) in [5.41, 5.74) is 0. The molecule has 0 spiro atoms. The first kappa shape index (κ1) is 18.6. The third-order valence-corrected chi connectivity index (χ3v) is 5.85. The lowest BCUT2D eigenvalue weighted by molar-refractivity contribution is -0.0817. The van der Waals surface area contributed by atoms with Crippen LogP contribution in [0.1, 0.15) is 36.6 Å². The number of thiazole rings is 1. The molecule has 0 aliphatic carbocycles. The summed E-state index contributed by atoms with van der Waals surface area (Å²) in [5.74, 6) is 0.987. The van der Waals surface area contributed by atoms with Gasteiger partial charge >= 0.3 is 0 Å². The molecule has 1 aromatic rings. The molecule has 0 saturated carbocycles. The summed E-state index contributed by atoms with van der Waals surface area (Å²) >= 11 is 1.80. The summed E-state index contributed by atoms with van der Waals surface area (Å²) in [6, 6.07) is 0. The Bertz CT molecular complexity index is 557. The molecular formula is C18H30N4O2S. The Balaban J connectivity index is 1.56. The van der Waals surface area contributed by atoms with Crippen LogP contribution in [0.4, 0.5) is 0 Å². The zero-order valence-electron chi connectivity index (χ0n) is 15.4. The first-order valence-electron chi connectivity index (χ1n) is 9.50. The fourth-order valence-corrected chi connectivity index (χ4v) is 4.15. The van der Waals surface area contributed by atoms with E-state index in [1.807, 2.05) is 6.20 Å². The highest BCUT2D eigenvalue weighted by molar-refractivity contribution is 7.11. The van der Waals surface area contributed by atoms with Crippen molar-refractivity contribution >= 4 is 17.3 Å². The van der Waals surface area contributed by atoms with Crippen molar-refractivity contribution in [2.24, 2.45) is 4.99 Å². The van der Waals surface area contributed by atoms with Crippen molar-refractivity contribution < 1.29 is 9.47 Å². The van der Waals surface area contributed by atoms with Crippen LogP contribution >= 0.6 is 11.3 Å². The van der Waals surface area contributed by atoms with E-state index in [-0.39, 0.29) is 12.2 Å². The second kappa shape index (κ2) is 9.50. The van der Waals surface area contributed by atoms with E-state index in [0.717, 1.165) is 71.0 Å². The normalized spacial score (nSPS) is 24.7. The van der Waals surface area contributed by atoms with Gasteiger partial charge in [-0.2, -0.15) is 0 Å². The molecule has 0 amide bonds. The van der Waals surface area contributed by atoms with Crippen molar-refractivity contribution in [3.63, 3.8) is 0 Å². The minimum atomic E-state index is 0.159. The maximum absolute atomic E-state index is 5.95. The van der Waals surface area contributed by atoms with Crippen LogP contribution in [0, 0.1) is 0 Å². The molecule has 1 aromatic heterocycles. The third-order valence-electron chi connectivity index (χ3n) is 4.64. The van der Waals surface area contributed by atoms with E-state index in [0.29, 0.717) is 0 Å². The SMILES string of the molecule is CCNC(=NCCc1ncc(CC)s1)N1CCOC(C2CCCO2)C1. The van der Waals surface area contributed by atoms with Crippen molar-refractivity contribution in [1.29, 1.82) is 0 Å². The van der Waals surface area contributed by atoms with Crippen LogP contribution in [0.5, 0.6) is 0 Å². The molecule has 2 atom stereocenters. The van der Waals surface area contributed by atoms with E-state index < -0.39 is 0 Å². The first-order chi connectivity index (χ1) is 12.3. The second-order valence-electron chi connectivity index (χ2n) is 6.47. The third kappa shape index (κ3) is 5.15. The molecule has 0 bridgehead atoms. The quantitative estimate of drug-likeness (QED) is 0.617. The smallest absolute Gasteiger partial charge is 0.194 e. The lowest BCUT2D eigenvalue weighted by Gasteiger charge is -2.37. The second-order valence-corrected chi connectivity index (χ2v) is 7.67. The number of hydrogen-bond donors (Lipinski definition) is 1. The van der Waals surface area contributed by atoms with Crippen molar-refractivity contribution in [1.82, 2.24) is 15.2 Å². The number of hydrogen-bond acceptors (Lipinski definition) is 5. The largest absolute Gasteiger partial charge is 0.375 e. The van der Waals surface area contributed by atoms with Gasteiger partial charge < -0.3 is 19.7 Å². The summed E-state index contributed by atoms with van der Waals surface area (Å²) in [6.45, 7) is 9.26. The molecule has 2 saturated heterocycles. The molecule has 3 rings (SSSR count). The molecular weight excluding hydrogens is 336 g/mol. The van der Waals surface area contributed by atoms with Gasteiger partial charge in [0.1, 0.15) is 6.10 Å². The van der Waals surface area contributed by atoms with Crippen LogP contribution < -0.4 is 5.32 Å². The van der Waals surface area contributed by atoms with E-state index in [1.165, 1.54) is 9.88 Å².